The Kier molecular flexibility index (Phi) is 6.45. The van der Waals surface area contributed by atoms with E-state index in [1.54, 1.807) is 48.9 Å². The molecule has 0 amide bonds. The molecule has 5 aromatic rings. The number of methoxy groups -OCH3 is 1. The van der Waals surface area contributed by atoms with E-state index >= 15 is 0 Å². The molecule has 0 fully saturated rings. The third kappa shape index (κ3) is 5.24. The van der Waals surface area contributed by atoms with E-state index in [9.17, 15) is 8.42 Å². The Bertz CT molecular complexity index is 1600. The number of hydrogen-bond acceptors (Lipinski definition) is 7. The number of sulfonamides is 1. The quantitative estimate of drug-likeness (QED) is 0.302. The van der Waals surface area contributed by atoms with Gasteiger partial charge >= 0.3 is 0 Å². The number of benzene rings is 3. The monoisotopic (exact) mass is 521 g/mol. The van der Waals surface area contributed by atoms with E-state index in [4.69, 9.17) is 20.9 Å². The zero-order chi connectivity index (χ0) is 25.1. The third-order valence-electron chi connectivity index (χ3n) is 5.30. The molecule has 0 unspecified atom stereocenters. The van der Waals surface area contributed by atoms with Crippen molar-refractivity contribution < 1.29 is 17.7 Å². The van der Waals surface area contributed by atoms with Crippen molar-refractivity contribution in [3.05, 3.63) is 95.9 Å². The van der Waals surface area contributed by atoms with Crippen LogP contribution >= 0.6 is 11.6 Å². The summed E-state index contributed by atoms with van der Waals surface area (Å²) in [5.74, 6) is 1.22. The first kappa shape index (κ1) is 23.6. The molecule has 0 saturated heterocycles. The predicted octanol–water partition coefficient (Wildman–Crippen LogP) is 5.11. The molecule has 0 bridgehead atoms. The second kappa shape index (κ2) is 9.84. The van der Waals surface area contributed by atoms with E-state index in [1.807, 2.05) is 28.8 Å². The van der Waals surface area contributed by atoms with E-state index in [0.717, 1.165) is 11.1 Å². The Hall–Kier alpha value is -4.15. The third-order valence-corrected chi connectivity index (χ3v) is 6.93. The Morgan fingerprint density at radius 2 is 1.83 bits per heavy atom. The van der Waals surface area contributed by atoms with Gasteiger partial charge in [-0.05, 0) is 54.1 Å². The lowest BCUT2D eigenvalue weighted by Gasteiger charge is -2.10. The second-order valence-electron chi connectivity index (χ2n) is 7.84. The van der Waals surface area contributed by atoms with Crippen LogP contribution in [0.4, 0.5) is 5.69 Å². The minimum absolute atomic E-state index is 0.122. The molecular weight excluding hydrogens is 502 g/mol. The van der Waals surface area contributed by atoms with Crippen LogP contribution in [0.5, 0.6) is 5.75 Å². The molecule has 0 saturated carbocycles. The maximum Gasteiger partial charge on any atom is 0.278 e. The molecule has 11 heteroatoms. The van der Waals surface area contributed by atoms with Gasteiger partial charge < -0.3 is 13.8 Å². The largest absolute Gasteiger partial charge is 0.497 e. The molecule has 0 aliphatic heterocycles. The number of nitrogens with one attached hydrogen (secondary N) is 1. The summed E-state index contributed by atoms with van der Waals surface area (Å²) in [5.41, 5.74) is 2.74. The number of rotatable bonds is 8. The Morgan fingerprint density at radius 3 is 2.58 bits per heavy atom. The summed E-state index contributed by atoms with van der Waals surface area (Å²) in [6.45, 7) is 0.522. The number of hydrogen-bond donors (Lipinski definition) is 1. The van der Waals surface area contributed by atoms with Crippen molar-refractivity contribution in [1.82, 2.24) is 19.7 Å². The van der Waals surface area contributed by atoms with Gasteiger partial charge in [-0.25, -0.2) is 13.4 Å². The number of ether oxygens (including phenoxy) is 1. The average Bonchev–Trinajstić information content (AvgIpc) is 3.56. The Labute approximate surface area is 212 Å². The molecule has 2 aromatic heterocycles. The van der Waals surface area contributed by atoms with Gasteiger partial charge in [0.05, 0.1) is 18.3 Å². The first-order valence-corrected chi connectivity index (χ1v) is 12.6. The van der Waals surface area contributed by atoms with Crippen molar-refractivity contribution >= 4 is 27.3 Å². The molecule has 9 nitrogen and oxygen atoms in total. The van der Waals surface area contributed by atoms with Crippen molar-refractivity contribution in [2.45, 2.75) is 11.4 Å². The summed E-state index contributed by atoms with van der Waals surface area (Å²) in [6.07, 6.45) is 3.47. The highest BCUT2D eigenvalue weighted by Crippen LogP contribution is 2.23. The first-order valence-electron chi connectivity index (χ1n) is 10.8. The fourth-order valence-corrected chi connectivity index (χ4v) is 4.69. The summed E-state index contributed by atoms with van der Waals surface area (Å²) >= 11 is 5.93. The molecule has 1 N–H and O–H groups in total. The number of anilines is 1. The van der Waals surface area contributed by atoms with Crippen LogP contribution in [0.25, 0.3) is 23.0 Å². The average molecular weight is 522 g/mol. The normalized spacial score (nSPS) is 11.4. The zero-order valence-corrected chi connectivity index (χ0v) is 20.6. The van der Waals surface area contributed by atoms with E-state index in [2.05, 4.69) is 19.8 Å². The highest BCUT2D eigenvalue weighted by atomic mass is 35.5. The summed E-state index contributed by atoms with van der Waals surface area (Å²) < 4.78 is 40.3. The van der Waals surface area contributed by atoms with Crippen LogP contribution in [0, 0.1) is 0 Å². The maximum absolute atomic E-state index is 12.7. The maximum atomic E-state index is 12.7. The lowest BCUT2D eigenvalue weighted by Crippen LogP contribution is -2.13. The molecule has 0 aliphatic rings. The SMILES string of the molecule is COc1cccc(S(=O)(=O)Nc2ccc(Cn3cnc(-c4nc(-c5ccc(Cl)cc5)no4)c3)cc2)c1. The molecule has 0 spiro atoms. The Morgan fingerprint density at radius 1 is 1.06 bits per heavy atom. The van der Waals surface area contributed by atoms with Gasteiger partial charge in [-0.1, -0.05) is 35.0 Å². The number of nitrogens with zero attached hydrogens (tertiary/aromatic N) is 4. The van der Waals surface area contributed by atoms with E-state index in [-0.39, 0.29) is 4.90 Å². The molecule has 3 aromatic carbocycles. The van der Waals surface area contributed by atoms with Gasteiger partial charge in [0.2, 0.25) is 5.82 Å². The van der Waals surface area contributed by atoms with E-state index < -0.39 is 10.0 Å². The fraction of sp³-hybridized carbons (Fsp3) is 0.0800. The van der Waals surface area contributed by atoms with Crippen LogP contribution in [0.3, 0.4) is 0 Å². The summed E-state index contributed by atoms with van der Waals surface area (Å²) in [4.78, 5) is 8.90. The number of aromatic nitrogens is 4. The van der Waals surface area contributed by atoms with Crippen LogP contribution in [0.1, 0.15) is 5.56 Å². The number of imidazole rings is 1. The van der Waals surface area contributed by atoms with Crippen molar-refractivity contribution in [2.24, 2.45) is 0 Å². The van der Waals surface area contributed by atoms with Crippen LogP contribution in [-0.4, -0.2) is 35.2 Å². The second-order valence-corrected chi connectivity index (χ2v) is 9.96. The smallest absolute Gasteiger partial charge is 0.278 e. The van der Waals surface area contributed by atoms with Gasteiger partial charge in [0.15, 0.2) is 0 Å². The van der Waals surface area contributed by atoms with Gasteiger partial charge in [-0.3, -0.25) is 4.72 Å². The molecular formula is C25H20ClN5O4S. The fourth-order valence-electron chi connectivity index (χ4n) is 3.47. The van der Waals surface area contributed by atoms with Crippen LogP contribution in [0.2, 0.25) is 5.02 Å². The van der Waals surface area contributed by atoms with Gasteiger partial charge in [-0.2, -0.15) is 4.98 Å². The topological polar surface area (TPSA) is 112 Å². The van der Waals surface area contributed by atoms with Gasteiger partial charge in [0, 0.05) is 35.1 Å². The van der Waals surface area contributed by atoms with Crippen LogP contribution in [0.15, 0.2) is 94.7 Å². The van der Waals surface area contributed by atoms with Crippen molar-refractivity contribution in [1.29, 1.82) is 0 Å². The highest BCUT2D eigenvalue weighted by Gasteiger charge is 2.16. The molecule has 0 aliphatic carbocycles. The van der Waals surface area contributed by atoms with Crippen LogP contribution < -0.4 is 9.46 Å². The predicted molar refractivity (Wildman–Crippen MR) is 135 cm³/mol. The lowest BCUT2D eigenvalue weighted by atomic mass is 10.2. The van der Waals surface area contributed by atoms with E-state index in [1.165, 1.54) is 19.2 Å². The van der Waals surface area contributed by atoms with Gasteiger partial charge in [-0.15, -0.1) is 0 Å². The molecule has 182 valence electrons. The van der Waals surface area contributed by atoms with E-state index in [0.29, 0.717) is 40.4 Å². The lowest BCUT2D eigenvalue weighted by molar-refractivity contribution is 0.413. The molecule has 0 radical (unpaired) electrons. The number of halogens is 1. The minimum atomic E-state index is -3.74. The molecule has 36 heavy (non-hydrogen) atoms. The first-order chi connectivity index (χ1) is 17.4. The summed E-state index contributed by atoms with van der Waals surface area (Å²) in [7, 11) is -2.25. The summed E-state index contributed by atoms with van der Waals surface area (Å²) in [5, 5.41) is 4.64. The summed E-state index contributed by atoms with van der Waals surface area (Å²) in [6, 6.07) is 20.5. The molecule has 5 rings (SSSR count). The zero-order valence-electron chi connectivity index (χ0n) is 19.0. The Balaban J connectivity index is 1.25. The van der Waals surface area contributed by atoms with Crippen molar-refractivity contribution in [2.75, 3.05) is 11.8 Å². The minimum Gasteiger partial charge on any atom is -0.497 e. The van der Waals surface area contributed by atoms with Crippen molar-refractivity contribution in [3.8, 4) is 28.7 Å². The van der Waals surface area contributed by atoms with Crippen LogP contribution in [-0.2, 0) is 16.6 Å². The highest BCUT2D eigenvalue weighted by molar-refractivity contribution is 7.92. The van der Waals surface area contributed by atoms with Gasteiger partial charge in [0.25, 0.3) is 15.9 Å². The molecule has 0 atom stereocenters. The van der Waals surface area contributed by atoms with Crippen molar-refractivity contribution in [3.63, 3.8) is 0 Å². The standard InChI is InChI=1S/C25H20ClN5O4S/c1-34-21-3-2-4-22(13-21)36(32,33)30-20-11-5-17(6-12-20)14-31-15-23(27-16-31)25-28-24(29-35-25)18-7-9-19(26)10-8-18/h2-13,15-16,30H,14H2,1H3. The molecule has 2 heterocycles. The van der Waals surface area contributed by atoms with Gasteiger partial charge in [0.1, 0.15) is 11.4 Å².